The average Bonchev–Trinajstić information content (AvgIpc) is 3.47. The Morgan fingerprint density at radius 2 is 1.91 bits per heavy atom. The third-order valence-electron chi connectivity index (χ3n) is 11.6. The Morgan fingerprint density at radius 3 is 2.64 bits per heavy atom. The number of hydrogen-bond donors (Lipinski definition) is 4. The Bertz CT molecular complexity index is 1260. The molecule has 0 spiro atoms. The fourth-order valence-electron chi connectivity index (χ4n) is 9.27. The SMILES string of the molecule is C=C1C(=CC=C2CCC[C@]3(C)[C@@H]([C@H](C)CC4CC(C)(O)C(=O)N4CCc4ccccc4)CC[C@@H]23)C[C@@H](O)[C@H](OCCCO)[C@@H]1O. The van der Waals surface area contributed by atoms with E-state index >= 15 is 0 Å². The van der Waals surface area contributed by atoms with Gasteiger partial charge in [0.2, 0.25) is 0 Å². The van der Waals surface area contributed by atoms with Gasteiger partial charge in [0.25, 0.3) is 5.91 Å². The zero-order valence-corrected chi connectivity index (χ0v) is 27.5. The van der Waals surface area contributed by atoms with Gasteiger partial charge in [-0.05, 0) is 98.2 Å². The van der Waals surface area contributed by atoms with Crippen LogP contribution in [-0.4, -0.2) is 80.9 Å². The summed E-state index contributed by atoms with van der Waals surface area (Å²) in [6.07, 6.45) is 10.5. The molecule has 1 aromatic carbocycles. The molecular weight excluding hydrogens is 566 g/mol. The van der Waals surface area contributed by atoms with Gasteiger partial charge in [-0.15, -0.1) is 0 Å². The lowest BCUT2D eigenvalue weighted by atomic mass is 9.60. The number of benzene rings is 1. The van der Waals surface area contributed by atoms with Crippen molar-refractivity contribution in [3.8, 4) is 0 Å². The Labute approximate surface area is 269 Å². The van der Waals surface area contributed by atoms with Crippen molar-refractivity contribution in [3.05, 3.63) is 71.3 Å². The van der Waals surface area contributed by atoms with Gasteiger partial charge in [-0.25, -0.2) is 0 Å². The number of amides is 1. The van der Waals surface area contributed by atoms with Crippen LogP contribution in [0.3, 0.4) is 0 Å². The van der Waals surface area contributed by atoms with Crippen molar-refractivity contribution in [3.63, 3.8) is 0 Å². The number of aliphatic hydroxyl groups excluding tert-OH is 3. The number of hydrogen-bond acceptors (Lipinski definition) is 6. The quantitative estimate of drug-likeness (QED) is 0.255. The zero-order valence-electron chi connectivity index (χ0n) is 27.5. The fraction of sp³-hybridized carbons (Fsp3) is 0.658. The molecule has 1 amide bonds. The highest BCUT2D eigenvalue weighted by Crippen LogP contribution is 2.60. The summed E-state index contributed by atoms with van der Waals surface area (Å²) in [5.41, 5.74) is 3.00. The Morgan fingerprint density at radius 1 is 1.16 bits per heavy atom. The van der Waals surface area contributed by atoms with E-state index in [2.05, 4.69) is 44.7 Å². The lowest BCUT2D eigenvalue weighted by molar-refractivity contribution is -0.142. The first-order chi connectivity index (χ1) is 21.5. The van der Waals surface area contributed by atoms with E-state index < -0.39 is 23.9 Å². The van der Waals surface area contributed by atoms with Crippen molar-refractivity contribution in [1.29, 1.82) is 0 Å². The van der Waals surface area contributed by atoms with E-state index in [1.807, 2.05) is 23.1 Å². The summed E-state index contributed by atoms with van der Waals surface area (Å²) in [7, 11) is 0. The lowest BCUT2D eigenvalue weighted by Gasteiger charge is -2.45. The van der Waals surface area contributed by atoms with Crippen LogP contribution in [0.15, 0.2) is 65.8 Å². The molecule has 1 aliphatic heterocycles. The van der Waals surface area contributed by atoms with Gasteiger partial charge in [0.05, 0.1) is 6.10 Å². The third kappa shape index (κ3) is 7.18. The monoisotopic (exact) mass is 621 g/mol. The molecule has 3 aliphatic carbocycles. The smallest absolute Gasteiger partial charge is 0.254 e. The maximum absolute atomic E-state index is 13.2. The summed E-state index contributed by atoms with van der Waals surface area (Å²) < 4.78 is 5.67. The van der Waals surface area contributed by atoms with E-state index in [-0.39, 0.29) is 30.6 Å². The minimum Gasteiger partial charge on any atom is -0.396 e. The van der Waals surface area contributed by atoms with E-state index in [0.717, 1.165) is 44.1 Å². The molecule has 9 atom stereocenters. The number of fused-ring (bicyclic) bond motifs is 1. The molecule has 1 aromatic rings. The maximum atomic E-state index is 13.2. The van der Waals surface area contributed by atoms with Crippen LogP contribution < -0.4 is 0 Å². The van der Waals surface area contributed by atoms with Crippen LogP contribution in [0.2, 0.25) is 0 Å². The molecule has 1 saturated heterocycles. The number of nitrogens with zero attached hydrogens (tertiary/aromatic N) is 1. The molecule has 7 nitrogen and oxygen atoms in total. The highest BCUT2D eigenvalue weighted by molar-refractivity contribution is 5.87. The summed E-state index contributed by atoms with van der Waals surface area (Å²) in [4.78, 5) is 15.2. The van der Waals surface area contributed by atoms with Crippen LogP contribution in [0.4, 0.5) is 0 Å². The molecule has 1 heterocycles. The van der Waals surface area contributed by atoms with E-state index in [9.17, 15) is 20.1 Å². The number of rotatable bonds is 11. The molecular formula is C38H55NO6. The predicted octanol–water partition coefficient (Wildman–Crippen LogP) is 5.13. The second kappa shape index (κ2) is 14.2. The van der Waals surface area contributed by atoms with Gasteiger partial charge in [-0.2, -0.15) is 0 Å². The molecule has 45 heavy (non-hydrogen) atoms. The lowest BCUT2D eigenvalue weighted by Crippen LogP contribution is -2.45. The van der Waals surface area contributed by atoms with Gasteiger partial charge < -0.3 is 30.1 Å². The fourth-order valence-corrected chi connectivity index (χ4v) is 9.27. The van der Waals surface area contributed by atoms with E-state index in [1.54, 1.807) is 6.92 Å². The van der Waals surface area contributed by atoms with E-state index in [1.165, 1.54) is 17.6 Å². The molecule has 4 N–H and O–H groups in total. The molecule has 3 saturated carbocycles. The van der Waals surface area contributed by atoms with E-state index in [0.29, 0.717) is 49.1 Å². The molecule has 4 aliphatic rings. The van der Waals surface area contributed by atoms with Crippen LogP contribution in [0.1, 0.15) is 84.1 Å². The van der Waals surface area contributed by atoms with Crippen molar-refractivity contribution in [1.82, 2.24) is 4.90 Å². The summed E-state index contributed by atoms with van der Waals surface area (Å²) in [5.74, 6) is 1.32. The van der Waals surface area contributed by atoms with Crippen molar-refractivity contribution in [2.24, 2.45) is 23.2 Å². The molecule has 0 radical (unpaired) electrons. The van der Waals surface area contributed by atoms with Crippen LogP contribution in [0.5, 0.6) is 0 Å². The summed E-state index contributed by atoms with van der Waals surface area (Å²) in [6.45, 7) is 11.6. The predicted molar refractivity (Wildman–Crippen MR) is 176 cm³/mol. The second-order valence-corrected chi connectivity index (χ2v) is 14.8. The van der Waals surface area contributed by atoms with Crippen molar-refractivity contribution < 1.29 is 30.0 Å². The van der Waals surface area contributed by atoms with Gasteiger partial charge in [-0.3, -0.25) is 4.79 Å². The number of allylic oxidation sites excluding steroid dienone is 3. The molecule has 248 valence electrons. The normalized spacial score (nSPS) is 37.9. The van der Waals surface area contributed by atoms with Crippen molar-refractivity contribution >= 4 is 5.91 Å². The highest BCUT2D eigenvalue weighted by atomic mass is 16.5. The maximum Gasteiger partial charge on any atom is 0.254 e. The number of aliphatic hydroxyl groups is 4. The van der Waals surface area contributed by atoms with Gasteiger partial charge in [0.1, 0.15) is 17.8 Å². The number of carbonyl (C=O) groups excluding carboxylic acids is 1. The number of likely N-dealkylation sites (tertiary alicyclic amines) is 1. The second-order valence-electron chi connectivity index (χ2n) is 14.8. The van der Waals surface area contributed by atoms with Crippen LogP contribution in [-0.2, 0) is 16.0 Å². The molecule has 4 fully saturated rings. The van der Waals surface area contributed by atoms with E-state index in [4.69, 9.17) is 9.84 Å². The van der Waals surface area contributed by atoms with Crippen molar-refractivity contribution in [2.45, 2.75) is 115 Å². The summed E-state index contributed by atoms with van der Waals surface area (Å²) >= 11 is 0. The van der Waals surface area contributed by atoms with Crippen molar-refractivity contribution in [2.75, 3.05) is 19.8 Å². The van der Waals surface area contributed by atoms with Gasteiger partial charge in [0, 0.05) is 38.6 Å². The first-order valence-corrected chi connectivity index (χ1v) is 17.2. The number of carbonyl (C=O) groups is 1. The van der Waals surface area contributed by atoms with Gasteiger partial charge in [-0.1, -0.05) is 68.5 Å². The minimum absolute atomic E-state index is 0.00779. The van der Waals surface area contributed by atoms with Gasteiger partial charge in [0.15, 0.2) is 0 Å². The highest BCUT2D eigenvalue weighted by Gasteiger charge is 2.53. The standard InChI is InChI=1S/C38H55NO6/c1-25(22-30-24-38(4,44)36(43)39(30)19-17-27-10-6-5-7-11-27)31-15-16-32-28(12-8-18-37(31,32)3)13-14-29-23-33(41)35(34(42)26(29)2)45-21-9-20-40/h5-7,10-11,13-14,25,30-35,40-42,44H,2,8-9,12,15-24H2,1,3-4H3/t25-,30?,31-,32+,33-,34-,35+,37-,38?/m1/s1. The molecule has 0 aromatic heterocycles. The zero-order chi connectivity index (χ0) is 32.4. The Balaban J connectivity index is 1.25. The summed E-state index contributed by atoms with van der Waals surface area (Å²) in [5, 5.41) is 41.6. The summed E-state index contributed by atoms with van der Waals surface area (Å²) in [6, 6.07) is 10.3. The largest absolute Gasteiger partial charge is 0.396 e. The number of ether oxygens (including phenoxy) is 1. The topological polar surface area (TPSA) is 110 Å². The first kappa shape index (κ1) is 34.1. The molecule has 5 rings (SSSR count). The molecule has 7 heteroatoms. The molecule has 0 bridgehead atoms. The van der Waals surface area contributed by atoms with Gasteiger partial charge >= 0.3 is 0 Å². The Hall–Kier alpha value is -2.29. The van der Waals surface area contributed by atoms with Crippen LogP contribution in [0.25, 0.3) is 0 Å². The average molecular weight is 622 g/mol. The Kier molecular flexibility index (Phi) is 10.8. The van der Waals surface area contributed by atoms with Crippen LogP contribution in [0, 0.1) is 23.2 Å². The first-order valence-electron chi connectivity index (χ1n) is 17.2. The third-order valence-corrected chi connectivity index (χ3v) is 11.6. The molecule has 2 unspecified atom stereocenters. The van der Waals surface area contributed by atoms with Crippen LogP contribution >= 0.6 is 0 Å². The minimum atomic E-state index is -1.30.